The molecular formula is C10H10FN3O3S. The van der Waals surface area contributed by atoms with Crippen LogP contribution in [0.4, 0.5) is 4.39 Å². The van der Waals surface area contributed by atoms with Gasteiger partial charge in [-0.05, 0) is 6.92 Å². The molecule has 0 bridgehead atoms. The van der Waals surface area contributed by atoms with Crippen LogP contribution in [0, 0.1) is 12.7 Å². The first-order chi connectivity index (χ1) is 8.49. The van der Waals surface area contributed by atoms with E-state index in [2.05, 4.69) is 4.98 Å². The Labute approximate surface area is 104 Å². The summed E-state index contributed by atoms with van der Waals surface area (Å²) in [6.45, 7) is 1.88. The zero-order valence-corrected chi connectivity index (χ0v) is 10.3. The fourth-order valence-corrected chi connectivity index (χ4v) is 2.23. The first kappa shape index (κ1) is 12.5. The summed E-state index contributed by atoms with van der Waals surface area (Å²) in [4.78, 5) is 28.2. The Balaban J connectivity index is 2.27. The number of hydrogen-bond donors (Lipinski definition) is 2. The zero-order valence-electron chi connectivity index (χ0n) is 9.44. The number of thiazole rings is 1. The first-order valence-corrected chi connectivity index (χ1v) is 5.99. The highest BCUT2D eigenvalue weighted by molar-refractivity contribution is 7.09. The third kappa shape index (κ3) is 2.33. The summed E-state index contributed by atoms with van der Waals surface area (Å²) in [7, 11) is 0. The van der Waals surface area contributed by atoms with Crippen LogP contribution in [0.3, 0.4) is 0 Å². The van der Waals surface area contributed by atoms with Crippen LogP contribution in [0.1, 0.15) is 10.7 Å². The number of halogens is 1. The van der Waals surface area contributed by atoms with E-state index in [4.69, 9.17) is 0 Å². The molecule has 0 fully saturated rings. The lowest BCUT2D eigenvalue weighted by Crippen LogP contribution is -2.32. The molecule has 6 nitrogen and oxygen atoms in total. The molecule has 0 saturated heterocycles. The molecule has 2 aromatic heterocycles. The van der Waals surface area contributed by atoms with Gasteiger partial charge in [0.2, 0.25) is 11.7 Å². The molecule has 2 aromatic rings. The lowest BCUT2D eigenvalue weighted by Gasteiger charge is -2.06. The molecule has 2 N–H and O–H groups in total. The minimum atomic E-state index is -1.36. The van der Waals surface area contributed by atoms with Crippen molar-refractivity contribution in [2.75, 3.05) is 0 Å². The topological polar surface area (TPSA) is 88.0 Å². The van der Waals surface area contributed by atoms with Gasteiger partial charge in [-0.25, -0.2) is 9.78 Å². The Hall–Kier alpha value is -1.96. The molecule has 96 valence electrons. The zero-order chi connectivity index (χ0) is 13.3. The van der Waals surface area contributed by atoms with E-state index in [1.54, 1.807) is 4.98 Å². The molecule has 2 heterocycles. The number of H-pyrrole nitrogens is 1. The van der Waals surface area contributed by atoms with Gasteiger partial charge < -0.3 is 5.11 Å². The number of aromatic nitrogens is 3. The maximum Gasteiger partial charge on any atom is 0.331 e. The third-order valence-electron chi connectivity index (χ3n) is 2.33. The number of aromatic amines is 1. The van der Waals surface area contributed by atoms with E-state index >= 15 is 0 Å². The van der Waals surface area contributed by atoms with Crippen LogP contribution in [-0.2, 0) is 13.0 Å². The smallest absolute Gasteiger partial charge is 0.331 e. The molecular weight excluding hydrogens is 261 g/mol. The molecule has 0 atom stereocenters. The van der Waals surface area contributed by atoms with Crippen LogP contribution in [0.2, 0.25) is 0 Å². The first-order valence-electron chi connectivity index (χ1n) is 5.11. The van der Waals surface area contributed by atoms with Crippen LogP contribution >= 0.6 is 11.3 Å². The second kappa shape index (κ2) is 4.73. The highest BCUT2D eigenvalue weighted by atomic mass is 32.1. The van der Waals surface area contributed by atoms with Crippen LogP contribution in [0.25, 0.3) is 0 Å². The number of rotatable bonds is 3. The summed E-state index contributed by atoms with van der Waals surface area (Å²) in [5.41, 5.74) is -1.20. The van der Waals surface area contributed by atoms with Crippen molar-refractivity contribution in [3.63, 3.8) is 0 Å². The van der Waals surface area contributed by atoms with Crippen molar-refractivity contribution in [1.29, 1.82) is 0 Å². The molecule has 0 spiro atoms. The van der Waals surface area contributed by atoms with Crippen LogP contribution in [0.5, 0.6) is 5.88 Å². The van der Waals surface area contributed by atoms with Crippen molar-refractivity contribution < 1.29 is 9.50 Å². The second-order valence-corrected chi connectivity index (χ2v) is 4.62. The normalized spacial score (nSPS) is 10.8. The number of nitrogens with zero attached hydrogens (tertiary/aromatic N) is 2. The van der Waals surface area contributed by atoms with Crippen LogP contribution < -0.4 is 11.2 Å². The van der Waals surface area contributed by atoms with Gasteiger partial charge in [-0.1, -0.05) is 0 Å². The van der Waals surface area contributed by atoms with Crippen molar-refractivity contribution in [2.24, 2.45) is 0 Å². The van der Waals surface area contributed by atoms with Gasteiger partial charge in [-0.3, -0.25) is 14.3 Å². The Morgan fingerprint density at radius 2 is 2.28 bits per heavy atom. The Morgan fingerprint density at radius 3 is 2.89 bits per heavy atom. The lowest BCUT2D eigenvalue weighted by molar-refractivity contribution is 0.360. The maximum atomic E-state index is 13.1. The van der Waals surface area contributed by atoms with Crippen LogP contribution in [-0.4, -0.2) is 19.6 Å². The lowest BCUT2D eigenvalue weighted by atomic mass is 10.4. The monoisotopic (exact) mass is 271 g/mol. The van der Waals surface area contributed by atoms with E-state index in [9.17, 15) is 19.1 Å². The number of nitrogens with one attached hydrogen (secondary N) is 1. The predicted octanol–water partition coefficient (Wildman–Crippen LogP) is 0.389. The number of aromatic hydroxyl groups is 1. The van der Waals surface area contributed by atoms with Crippen molar-refractivity contribution in [1.82, 2.24) is 14.5 Å². The van der Waals surface area contributed by atoms with Gasteiger partial charge in [-0.15, -0.1) is 11.3 Å². The van der Waals surface area contributed by atoms with E-state index < -0.39 is 22.9 Å². The van der Waals surface area contributed by atoms with Crippen molar-refractivity contribution in [3.05, 3.63) is 42.7 Å². The third-order valence-corrected chi connectivity index (χ3v) is 3.36. The van der Waals surface area contributed by atoms with Gasteiger partial charge in [0.05, 0.1) is 5.01 Å². The predicted molar refractivity (Wildman–Crippen MR) is 63.5 cm³/mol. The van der Waals surface area contributed by atoms with E-state index in [-0.39, 0.29) is 6.54 Å². The van der Waals surface area contributed by atoms with Gasteiger partial charge in [0.1, 0.15) is 0 Å². The fourth-order valence-electron chi connectivity index (χ4n) is 1.47. The Bertz CT molecular complexity index is 688. The minimum Gasteiger partial charge on any atom is -0.492 e. The quantitative estimate of drug-likeness (QED) is 0.845. The summed E-state index contributed by atoms with van der Waals surface area (Å²) in [6.07, 6.45) is 0.372. The SMILES string of the molecule is Cc1csc(CCn2c(O)c(F)c(=O)[nH]c2=O)n1. The fraction of sp³-hybridized carbons (Fsp3) is 0.300. The highest BCUT2D eigenvalue weighted by Gasteiger charge is 2.13. The van der Waals surface area contributed by atoms with Crippen molar-refractivity contribution >= 4 is 11.3 Å². The number of aryl methyl sites for hydroxylation is 2. The van der Waals surface area contributed by atoms with E-state index in [1.807, 2.05) is 12.3 Å². The van der Waals surface area contributed by atoms with E-state index in [0.29, 0.717) is 6.42 Å². The van der Waals surface area contributed by atoms with E-state index in [1.165, 1.54) is 11.3 Å². The molecule has 18 heavy (non-hydrogen) atoms. The van der Waals surface area contributed by atoms with Gasteiger partial charge in [0, 0.05) is 24.0 Å². The largest absolute Gasteiger partial charge is 0.492 e. The second-order valence-electron chi connectivity index (χ2n) is 3.68. The molecule has 0 aliphatic heterocycles. The summed E-state index contributed by atoms with van der Waals surface area (Å²) in [5.74, 6) is -2.30. The molecule has 8 heteroatoms. The minimum absolute atomic E-state index is 0.0469. The average molecular weight is 271 g/mol. The molecule has 0 amide bonds. The molecule has 0 radical (unpaired) electrons. The van der Waals surface area contributed by atoms with Gasteiger partial charge in [0.25, 0.3) is 5.56 Å². The summed E-state index contributed by atoms with van der Waals surface area (Å²) in [6, 6.07) is 0. The number of hydrogen-bond acceptors (Lipinski definition) is 5. The highest BCUT2D eigenvalue weighted by Crippen LogP contribution is 2.12. The molecule has 0 aliphatic carbocycles. The maximum absolute atomic E-state index is 13.1. The summed E-state index contributed by atoms with van der Waals surface area (Å²) >= 11 is 1.41. The standard InChI is InChI=1S/C10H10FN3O3S/c1-5-4-18-6(12-5)2-3-14-9(16)7(11)8(15)13-10(14)17/h4,16H,2-3H2,1H3,(H,13,15,17). The molecule has 0 unspecified atom stereocenters. The van der Waals surface area contributed by atoms with Crippen molar-refractivity contribution in [3.8, 4) is 5.88 Å². The van der Waals surface area contributed by atoms with Gasteiger partial charge >= 0.3 is 5.69 Å². The summed E-state index contributed by atoms with van der Waals surface area (Å²) in [5, 5.41) is 12.0. The molecule has 0 aliphatic rings. The van der Waals surface area contributed by atoms with E-state index in [0.717, 1.165) is 15.3 Å². The van der Waals surface area contributed by atoms with Gasteiger partial charge in [0.15, 0.2) is 0 Å². The van der Waals surface area contributed by atoms with Crippen LogP contribution in [0.15, 0.2) is 15.0 Å². The van der Waals surface area contributed by atoms with Crippen molar-refractivity contribution in [2.45, 2.75) is 19.9 Å². The van der Waals surface area contributed by atoms with Gasteiger partial charge in [-0.2, -0.15) is 4.39 Å². The molecule has 2 rings (SSSR count). The Kier molecular flexibility index (Phi) is 3.28. The molecule has 0 aromatic carbocycles. The Morgan fingerprint density at radius 1 is 1.56 bits per heavy atom. The summed E-state index contributed by atoms with van der Waals surface area (Å²) < 4.78 is 13.9. The molecule has 0 saturated carbocycles. The average Bonchev–Trinajstić information content (AvgIpc) is 2.72.